The Morgan fingerprint density at radius 2 is 1.84 bits per heavy atom. The molecule has 0 aliphatic heterocycles. The number of aromatic hydroxyl groups is 1. The van der Waals surface area contributed by atoms with Crippen molar-refractivity contribution in [2.75, 3.05) is 0 Å². The average Bonchev–Trinajstić information content (AvgIpc) is 2.38. The molecule has 3 nitrogen and oxygen atoms in total. The summed E-state index contributed by atoms with van der Waals surface area (Å²) in [5.41, 5.74) is 1.39. The summed E-state index contributed by atoms with van der Waals surface area (Å²) in [6.07, 6.45) is -0.726. The summed E-state index contributed by atoms with van der Waals surface area (Å²) in [4.78, 5) is 0. The first-order valence-electron chi connectivity index (χ1n) is 5.94. The van der Waals surface area contributed by atoms with Crippen molar-refractivity contribution in [3.05, 3.63) is 59.4 Å². The number of benzene rings is 2. The van der Waals surface area contributed by atoms with Gasteiger partial charge in [0.2, 0.25) is 0 Å². The van der Waals surface area contributed by atoms with E-state index in [1.165, 1.54) is 18.2 Å². The third-order valence-corrected chi connectivity index (χ3v) is 2.76. The van der Waals surface area contributed by atoms with Gasteiger partial charge in [-0.25, -0.2) is 4.39 Å². The summed E-state index contributed by atoms with van der Waals surface area (Å²) >= 11 is 0. The Bertz CT molecular complexity index is 550. The molecule has 0 aromatic heterocycles. The Hall–Kier alpha value is -2.07. The van der Waals surface area contributed by atoms with Crippen molar-refractivity contribution in [2.45, 2.75) is 19.6 Å². The second kappa shape index (κ2) is 5.71. The topological polar surface area (TPSA) is 49.7 Å². The van der Waals surface area contributed by atoms with Gasteiger partial charge in [-0.2, -0.15) is 0 Å². The van der Waals surface area contributed by atoms with Crippen molar-refractivity contribution >= 4 is 0 Å². The van der Waals surface area contributed by atoms with Crippen molar-refractivity contribution in [3.8, 4) is 11.5 Å². The number of rotatable bonds is 4. The van der Waals surface area contributed by atoms with Crippen molar-refractivity contribution in [3.63, 3.8) is 0 Å². The molecule has 0 aliphatic rings. The van der Waals surface area contributed by atoms with Crippen LogP contribution in [0.15, 0.2) is 42.5 Å². The smallest absolute Gasteiger partial charge is 0.128 e. The Balaban J connectivity index is 2.14. The highest BCUT2D eigenvalue weighted by atomic mass is 19.1. The van der Waals surface area contributed by atoms with E-state index in [1.807, 2.05) is 0 Å². The Morgan fingerprint density at radius 3 is 2.47 bits per heavy atom. The minimum absolute atomic E-state index is 0.180. The summed E-state index contributed by atoms with van der Waals surface area (Å²) in [5.74, 6) is 0.0901. The average molecular weight is 262 g/mol. The van der Waals surface area contributed by atoms with E-state index >= 15 is 0 Å². The van der Waals surface area contributed by atoms with Gasteiger partial charge in [0, 0.05) is 11.6 Å². The van der Waals surface area contributed by atoms with Crippen LogP contribution in [0, 0.1) is 5.82 Å². The summed E-state index contributed by atoms with van der Waals surface area (Å²) in [6, 6.07) is 10.6. The zero-order valence-electron chi connectivity index (χ0n) is 10.5. The van der Waals surface area contributed by atoms with Crippen LogP contribution >= 0.6 is 0 Å². The molecule has 19 heavy (non-hydrogen) atoms. The van der Waals surface area contributed by atoms with Crippen molar-refractivity contribution in [1.82, 2.24) is 0 Å². The number of aliphatic hydroxyl groups is 1. The first kappa shape index (κ1) is 13.4. The normalized spacial score (nSPS) is 12.2. The molecule has 0 amide bonds. The SMILES string of the molecule is C[C@@H](O)c1ccc(F)cc1OCc1ccc(O)cc1. The Kier molecular flexibility index (Phi) is 4.02. The lowest BCUT2D eigenvalue weighted by molar-refractivity contribution is 0.190. The van der Waals surface area contributed by atoms with Crippen LogP contribution in [0.5, 0.6) is 11.5 Å². The van der Waals surface area contributed by atoms with Crippen LogP contribution < -0.4 is 4.74 Å². The maximum Gasteiger partial charge on any atom is 0.128 e. The molecule has 0 bridgehead atoms. The molecule has 1 atom stereocenters. The minimum Gasteiger partial charge on any atom is -0.508 e. The number of hydrogen-bond donors (Lipinski definition) is 2. The molecular formula is C15H15FO3. The first-order chi connectivity index (χ1) is 9.06. The molecular weight excluding hydrogens is 247 g/mol. The van der Waals surface area contributed by atoms with Gasteiger partial charge in [0.15, 0.2) is 0 Å². The third-order valence-electron chi connectivity index (χ3n) is 2.76. The van der Waals surface area contributed by atoms with E-state index in [9.17, 15) is 14.6 Å². The maximum absolute atomic E-state index is 13.2. The molecule has 0 unspecified atom stereocenters. The van der Waals surface area contributed by atoms with E-state index in [-0.39, 0.29) is 12.4 Å². The standard InChI is InChI=1S/C15H15FO3/c1-10(17)14-7-4-12(16)8-15(14)19-9-11-2-5-13(18)6-3-11/h2-8,10,17-18H,9H2,1H3/t10-/m1/s1. The molecule has 0 aliphatic carbocycles. The van der Waals surface area contributed by atoms with Crippen LogP contribution in [0.2, 0.25) is 0 Å². The number of phenolic OH excluding ortho intramolecular Hbond substituents is 1. The quantitative estimate of drug-likeness (QED) is 0.889. The van der Waals surface area contributed by atoms with E-state index in [2.05, 4.69) is 0 Å². The number of hydrogen-bond acceptors (Lipinski definition) is 3. The number of halogens is 1. The van der Waals surface area contributed by atoms with Crippen LogP contribution in [0.3, 0.4) is 0 Å². The second-order valence-electron chi connectivity index (χ2n) is 4.31. The highest BCUT2D eigenvalue weighted by Crippen LogP contribution is 2.26. The Morgan fingerprint density at radius 1 is 1.16 bits per heavy atom. The van der Waals surface area contributed by atoms with Gasteiger partial charge in [-0.05, 0) is 36.8 Å². The zero-order chi connectivity index (χ0) is 13.8. The van der Waals surface area contributed by atoms with Crippen molar-refractivity contribution in [2.24, 2.45) is 0 Å². The van der Waals surface area contributed by atoms with E-state index in [4.69, 9.17) is 4.74 Å². The molecule has 4 heteroatoms. The Labute approximate surface area is 110 Å². The minimum atomic E-state index is -0.726. The molecule has 2 aromatic carbocycles. The number of phenols is 1. The fourth-order valence-electron chi connectivity index (χ4n) is 1.73. The van der Waals surface area contributed by atoms with Crippen LogP contribution in [-0.4, -0.2) is 10.2 Å². The van der Waals surface area contributed by atoms with Gasteiger partial charge >= 0.3 is 0 Å². The lowest BCUT2D eigenvalue weighted by Crippen LogP contribution is -2.01. The summed E-state index contributed by atoms with van der Waals surface area (Å²) in [6.45, 7) is 1.84. The second-order valence-corrected chi connectivity index (χ2v) is 4.31. The third kappa shape index (κ3) is 3.45. The summed E-state index contributed by atoms with van der Waals surface area (Å²) in [5, 5.41) is 18.8. The molecule has 0 spiro atoms. The van der Waals surface area contributed by atoms with Gasteiger partial charge in [0.05, 0.1) is 6.10 Å². The van der Waals surface area contributed by atoms with Gasteiger partial charge in [-0.1, -0.05) is 12.1 Å². The van der Waals surface area contributed by atoms with Gasteiger partial charge < -0.3 is 14.9 Å². The van der Waals surface area contributed by atoms with Crippen LogP contribution in [0.4, 0.5) is 4.39 Å². The number of aliphatic hydroxyl groups excluding tert-OH is 1. The lowest BCUT2D eigenvalue weighted by atomic mass is 10.1. The molecule has 2 aromatic rings. The van der Waals surface area contributed by atoms with Crippen molar-refractivity contribution < 1.29 is 19.3 Å². The monoisotopic (exact) mass is 262 g/mol. The van der Waals surface area contributed by atoms with E-state index in [0.29, 0.717) is 11.3 Å². The highest BCUT2D eigenvalue weighted by molar-refractivity contribution is 5.36. The molecule has 2 N–H and O–H groups in total. The first-order valence-corrected chi connectivity index (χ1v) is 5.94. The number of ether oxygens (including phenoxy) is 1. The molecule has 2 rings (SSSR count). The fourth-order valence-corrected chi connectivity index (χ4v) is 1.73. The van der Waals surface area contributed by atoms with Gasteiger partial charge in [-0.3, -0.25) is 0 Å². The van der Waals surface area contributed by atoms with E-state index in [0.717, 1.165) is 5.56 Å². The van der Waals surface area contributed by atoms with E-state index in [1.54, 1.807) is 31.2 Å². The highest BCUT2D eigenvalue weighted by Gasteiger charge is 2.10. The predicted molar refractivity (Wildman–Crippen MR) is 69.5 cm³/mol. The largest absolute Gasteiger partial charge is 0.508 e. The van der Waals surface area contributed by atoms with Crippen LogP contribution in [-0.2, 0) is 6.61 Å². The van der Waals surface area contributed by atoms with E-state index < -0.39 is 11.9 Å². The lowest BCUT2D eigenvalue weighted by Gasteiger charge is -2.13. The fraction of sp³-hybridized carbons (Fsp3) is 0.200. The van der Waals surface area contributed by atoms with Gasteiger partial charge in [-0.15, -0.1) is 0 Å². The molecule has 100 valence electrons. The molecule has 0 heterocycles. The molecule has 0 saturated carbocycles. The van der Waals surface area contributed by atoms with Gasteiger partial charge in [0.25, 0.3) is 0 Å². The molecule has 0 radical (unpaired) electrons. The van der Waals surface area contributed by atoms with Crippen LogP contribution in [0.1, 0.15) is 24.2 Å². The predicted octanol–water partition coefficient (Wildman–Crippen LogP) is 3.16. The maximum atomic E-state index is 13.2. The summed E-state index contributed by atoms with van der Waals surface area (Å²) in [7, 11) is 0. The molecule has 0 fully saturated rings. The zero-order valence-corrected chi connectivity index (χ0v) is 10.5. The van der Waals surface area contributed by atoms with Gasteiger partial charge in [0.1, 0.15) is 23.9 Å². The molecule has 0 saturated heterocycles. The summed E-state index contributed by atoms with van der Waals surface area (Å²) < 4.78 is 18.7. The van der Waals surface area contributed by atoms with Crippen LogP contribution in [0.25, 0.3) is 0 Å². The van der Waals surface area contributed by atoms with Crippen molar-refractivity contribution in [1.29, 1.82) is 0 Å².